The second-order valence-corrected chi connectivity index (χ2v) is 3.44. The Morgan fingerprint density at radius 2 is 1.76 bits per heavy atom. The minimum absolute atomic E-state index is 0.366. The van der Waals surface area contributed by atoms with Crippen molar-refractivity contribution in [3.63, 3.8) is 0 Å². The van der Waals surface area contributed by atoms with Crippen LogP contribution in [0.4, 0.5) is 0 Å². The number of primary amides is 1. The van der Waals surface area contributed by atoms with E-state index < -0.39 is 5.91 Å². The van der Waals surface area contributed by atoms with Crippen molar-refractivity contribution in [1.29, 1.82) is 0 Å². The van der Waals surface area contributed by atoms with Gasteiger partial charge in [0.15, 0.2) is 0 Å². The zero-order valence-corrected chi connectivity index (χ0v) is 9.05. The Balaban J connectivity index is 2.28. The van der Waals surface area contributed by atoms with Crippen LogP contribution < -0.4 is 5.73 Å². The second-order valence-electron chi connectivity index (χ2n) is 3.44. The van der Waals surface area contributed by atoms with Gasteiger partial charge in [-0.2, -0.15) is 0 Å². The fraction of sp³-hybridized carbons (Fsp3) is 0. The average Bonchev–Trinajstić information content (AvgIpc) is 2.38. The molecule has 1 aromatic carbocycles. The van der Waals surface area contributed by atoms with Crippen LogP contribution in [0.15, 0.2) is 48.8 Å². The van der Waals surface area contributed by atoms with Crippen molar-refractivity contribution in [1.82, 2.24) is 4.98 Å². The van der Waals surface area contributed by atoms with Crippen LogP contribution in [0.25, 0.3) is 0 Å². The first-order valence-electron chi connectivity index (χ1n) is 5.07. The molecule has 1 aromatic heterocycles. The van der Waals surface area contributed by atoms with E-state index in [1.54, 1.807) is 12.3 Å². The van der Waals surface area contributed by atoms with E-state index in [9.17, 15) is 4.79 Å². The monoisotopic (exact) mass is 222 g/mol. The van der Waals surface area contributed by atoms with Crippen LogP contribution in [0.1, 0.15) is 21.5 Å². The van der Waals surface area contributed by atoms with Crippen molar-refractivity contribution in [3.05, 3.63) is 65.5 Å². The van der Waals surface area contributed by atoms with Crippen molar-refractivity contribution in [2.45, 2.75) is 0 Å². The summed E-state index contributed by atoms with van der Waals surface area (Å²) in [6, 6.07) is 11.2. The molecule has 0 saturated heterocycles. The van der Waals surface area contributed by atoms with E-state index in [0.29, 0.717) is 11.1 Å². The smallest absolute Gasteiger partial charge is 0.250 e. The standard InChI is InChI=1S/C14H10N2O/c15-14(17)13-8-12(9-16-10-13)7-6-11-4-2-1-3-5-11/h1-5,8-10H,(H2,15,17). The van der Waals surface area contributed by atoms with Crippen LogP contribution in [0.3, 0.4) is 0 Å². The Morgan fingerprint density at radius 1 is 1.06 bits per heavy atom. The van der Waals surface area contributed by atoms with E-state index >= 15 is 0 Å². The van der Waals surface area contributed by atoms with E-state index in [-0.39, 0.29) is 0 Å². The summed E-state index contributed by atoms with van der Waals surface area (Å²) < 4.78 is 0. The number of hydrogen-bond donors (Lipinski definition) is 1. The molecule has 2 aromatic rings. The molecule has 0 unspecified atom stereocenters. The number of rotatable bonds is 1. The summed E-state index contributed by atoms with van der Waals surface area (Å²) in [5.74, 6) is 5.42. The van der Waals surface area contributed by atoms with Gasteiger partial charge in [0.25, 0.3) is 0 Å². The third-order valence-corrected chi connectivity index (χ3v) is 2.15. The summed E-state index contributed by atoms with van der Waals surface area (Å²) in [5.41, 5.74) is 7.11. The number of pyridine rings is 1. The fourth-order valence-corrected chi connectivity index (χ4v) is 1.31. The summed E-state index contributed by atoms with van der Waals surface area (Å²) in [6.45, 7) is 0. The number of hydrogen-bond acceptors (Lipinski definition) is 2. The van der Waals surface area contributed by atoms with Crippen molar-refractivity contribution in [3.8, 4) is 11.8 Å². The van der Waals surface area contributed by atoms with Crippen molar-refractivity contribution >= 4 is 5.91 Å². The quantitative estimate of drug-likeness (QED) is 0.745. The van der Waals surface area contributed by atoms with Crippen molar-refractivity contribution < 1.29 is 4.79 Å². The lowest BCUT2D eigenvalue weighted by atomic mass is 10.2. The minimum atomic E-state index is -0.499. The molecule has 0 bridgehead atoms. The van der Waals surface area contributed by atoms with Gasteiger partial charge in [0, 0.05) is 23.5 Å². The largest absolute Gasteiger partial charge is 0.366 e. The Morgan fingerprint density at radius 3 is 2.47 bits per heavy atom. The first kappa shape index (κ1) is 10.9. The summed E-state index contributed by atoms with van der Waals surface area (Å²) in [5, 5.41) is 0. The summed E-state index contributed by atoms with van der Waals surface area (Å²) in [6.07, 6.45) is 3.03. The van der Waals surface area contributed by atoms with E-state index in [4.69, 9.17) is 5.73 Å². The van der Waals surface area contributed by atoms with E-state index in [1.165, 1.54) is 6.20 Å². The van der Waals surface area contributed by atoms with Gasteiger partial charge in [-0.1, -0.05) is 30.0 Å². The molecule has 0 saturated carbocycles. The third-order valence-electron chi connectivity index (χ3n) is 2.15. The van der Waals surface area contributed by atoms with Gasteiger partial charge in [-0.05, 0) is 18.2 Å². The van der Waals surface area contributed by atoms with Crippen LogP contribution in [0.2, 0.25) is 0 Å². The van der Waals surface area contributed by atoms with Gasteiger partial charge in [-0.25, -0.2) is 0 Å². The molecule has 0 atom stereocenters. The minimum Gasteiger partial charge on any atom is -0.366 e. The maximum Gasteiger partial charge on any atom is 0.250 e. The molecule has 0 aliphatic heterocycles. The molecule has 0 fully saturated rings. The average molecular weight is 222 g/mol. The van der Waals surface area contributed by atoms with Gasteiger partial charge < -0.3 is 5.73 Å². The number of nitrogens with two attached hydrogens (primary N) is 1. The Kier molecular flexibility index (Phi) is 3.18. The summed E-state index contributed by atoms with van der Waals surface area (Å²) >= 11 is 0. The molecular weight excluding hydrogens is 212 g/mol. The molecule has 17 heavy (non-hydrogen) atoms. The highest BCUT2D eigenvalue weighted by Crippen LogP contribution is 2.01. The van der Waals surface area contributed by atoms with Gasteiger partial charge in [-0.15, -0.1) is 0 Å². The van der Waals surface area contributed by atoms with Crippen molar-refractivity contribution in [2.24, 2.45) is 5.73 Å². The molecule has 0 spiro atoms. The van der Waals surface area contributed by atoms with Crippen LogP contribution in [-0.4, -0.2) is 10.9 Å². The van der Waals surface area contributed by atoms with Gasteiger partial charge >= 0.3 is 0 Å². The third kappa shape index (κ3) is 2.93. The molecule has 1 heterocycles. The van der Waals surface area contributed by atoms with E-state index in [1.807, 2.05) is 30.3 Å². The van der Waals surface area contributed by atoms with Crippen LogP contribution in [0, 0.1) is 11.8 Å². The number of carbonyl (C=O) groups is 1. The molecule has 82 valence electrons. The molecular formula is C14H10N2O. The van der Waals surface area contributed by atoms with E-state index in [2.05, 4.69) is 16.8 Å². The maximum atomic E-state index is 11.0. The lowest BCUT2D eigenvalue weighted by molar-refractivity contribution is 0.1000. The van der Waals surface area contributed by atoms with Gasteiger partial charge in [0.2, 0.25) is 5.91 Å². The number of nitrogens with zero attached hydrogens (tertiary/aromatic N) is 1. The molecule has 0 radical (unpaired) electrons. The molecule has 3 heteroatoms. The first-order valence-corrected chi connectivity index (χ1v) is 5.07. The highest BCUT2D eigenvalue weighted by Gasteiger charge is 1.99. The molecule has 2 rings (SSSR count). The SMILES string of the molecule is NC(=O)c1cncc(C#Cc2ccccc2)c1. The predicted octanol–water partition coefficient (Wildman–Crippen LogP) is 1.58. The maximum absolute atomic E-state index is 11.0. The Bertz CT molecular complexity index is 594. The number of benzene rings is 1. The molecule has 0 aliphatic carbocycles. The normalized spacial score (nSPS) is 9.18. The number of aromatic nitrogens is 1. The van der Waals surface area contributed by atoms with Crippen LogP contribution >= 0.6 is 0 Å². The Labute approximate surface area is 99.3 Å². The van der Waals surface area contributed by atoms with E-state index in [0.717, 1.165) is 5.56 Å². The number of amides is 1. The number of carbonyl (C=O) groups excluding carboxylic acids is 1. The molecule has 1 amide bonds. The second kappa shape index (κ2) is 4.95. The lowest BCUT2D eigenvalue weighted by Gasteiger charge is -1.94. The highest BCUT2D eigenvalue weighted by atomic mass is 16.1. The zero-order chi connectivity index (χ0) is 12.1. The topological polar surface area (TPSA) is 56.0 Å². The van der Waals surface area contributed by atoms with Crippen LogP contribution in [0.5, 0.6) is 0 Å². The van der Waals surface area contributed by atoms with Gasteiger partial charge in [0.1, 0.15) is 0 Å². The first-order chi connectivity index (χ1) is 8.25. The Hall–Kier alpha value is -2.60. The van der Waals surface area contributed by atoms with Crippen LogP contribution in [-0.2, 0) is 0 Å². The molecule has 0 aliphatic rings. The predicted molar refractivity (Wildman–Crippen MR) is 65.2 cm³/mol. The fourth-order valence-electron chi connectivity index (χ4n) is 1.31. The lowest BCUT2D eigenvalue weighted by Crippen LogP contribution is -2.11. The summed E-state index contributed by atoms with van der Waals surface area (Å²) in [4.78, 5) is 14.9. The highest BCUT2D eigenvalue weighted by molar-refractivity contribution is 5.92. The van der Waals surface area contributed by atoms with Gasteiger partial charge in [0.05, 0.1) is 5.56 Å². The molecule has 3 nitrogen and oxygen atoms in total. The van der Waals surface area contributed by atoms with Crippen molar-refractivity contribution in [2.75, 3.05) is 0 Å². The molecule has 2 N–H and O–H groups in total. The van der Waals surface area contributed by atoms with Gasteiger partial charge in [-0.3, -0.25) is 9.78 Å². The summed E-state index contributed by atoms with van der Waals surface area (Å²) in [7, 11) is 0. The zero-order valence-electron chi connectivity index (χ0n) is 9.05.